The largest absolute Gasteiger partial charge is 0.329 e. The normalized spacial score (nSPS) is 12.0. The molecule has 1 unspecified atom stereocenters. The highest BCUT2D eigenvalue weighted by Gasteiger charge is 2.20. The minimum absolute atomic E-state index is 0. The molecule has 2 aromatic rings. The second-order valence-electron chi connectivity index (χ2n) is 4.35. The number of nitrogens with two attached hydrogens (primary N) is 1. The lowest BCUT2D eigenvalue weighted by atomic mass is 10.0. The molecule has 2 N–H and O–H groups in total. The van der Waals surface area contributed by atoms with Crippen molar-refractivity contribution in [3.8, 4) is 0 Å². The molecule has 0 fully saturated rings. The van der Waals surface area contributed by atoms with Crippen molar-refractivity contribution in [2.24, 2.45) is 5.73 Å². The van der Waals surface area contributed by atoms with E-state index < -0.39 is 0 Å². The minimum Gasteiger partial charge on any atom is -0.329 e. The molecule has 108 valence electrons. The Morgan fingerprint density at radius 2 is 1.95 bits per heavy atom. The van der Waals surface area contributed by atoms with Gasteiger partial charge in [0.05, 0.1) is 17.9 Å². The Balaban J connectivity index is 0.00000200. The topological polar surface area (TPSA) is 55.0 Å². The van der Waals surface area contributed by atoms with E-state index in [1.165, 1.54) is 0 Å². The van der Waals surface area contributed by atoms with Crippen molar-refractivity contribution in [1.82, 2.24) is 14.9 Å². The second kappa shape index (κ2) is 8.17. The lowest BCUT2D eigenvalue weighted by molar-refractivity contribution is 0.282. The van der Waals surface area contributed by atoms with Crippen LogP contribution in [-0.4, -0.2) is 35.0 Å². The molecule has 0 bridgehead atoms. The fourth-order valence-corrected chi connectivity index (χ4v) is 2.21. The first kappa shape index (κ1) is 16.9. The van der Waals surface area contributed by atoms with Gasteiger partial charge in [-0.2, -0.15) is 0 Å². The molecular formula is C14H18Cl2N4. The summed E-state index contributed by atoms with van der Waals surface area (Å²) in [6, 6.07) is 7.82. The minimum atomic E-state index is 0. The van der Waals surface area contributed by atoms with Crippen LogP contribution in [0.2, 0.25) is 5.02 Å². The van der Waals surface area contributed by atoms with E-state index in [2.05, 4.69) is 14.9 Å². The number of halogens is 2. The van der Waals surface area contributed by atoms with Gasteiger partial charge in [-0.3, -0.25) is 14.9 Å². The van der Waals surface area contributed by atoms with Crippen LogP contribution in [0.4, 0.5) is 0 Å². The number of benzene rings is 1. The van der Waals surface area contributed by atoms with E-state index in [1.54, 1.807) is 18.6 Å². The summed E-state index contributed by atoms with van der Waals surface area (Å²) < 4.78 is 0. The van der Waals surface area contributed by atoms with Crippen molar-refractivity contribution in [1.29, 1.82) is 0 Å². The first-order valence-corrected chi connectivity index (χ1v) is 6.52. The van der Waals surface area contributed by atoms with Crippen LogP contribution in [0.25, 0.3) is 0 Å². The summed E-state index contributed by atoms with van der Waals surface area (Å²) in [5.74, 6) is 0. The average Bonchev–Trinajstić information content (AvgIpc) is 2.43. The quantitative estimate of drug-likeness (QED) is 0.921. The molecule has 2 rings (SSSR count). The molecule has 1 heterocycles. The first-order chi connectivity index (χ1) is 9.22. The Kier molecular flexibility index (Phi) is 6.88. The van der Waals surface area contributed by atoms with Gasteiger partial charge in [-0.15, -0.1) is 12.4 Å². The maximum absolute atomic E-state index is 5.94. The Morgan fingerprint density at radius 3 is 2.50 bits per heavy atom. The van der Waals surface area contributed by atoms with Crippen molar-refractivity contribution in [3.63, 3.8) is 0 Å². The molecular weight excluding hydrogens is 295 g/mol. The highest BCUT2D eigenvalue weighted by atomic mass is 35.5. The number of likely N-dealkylation sites (N-methyl/N-ethyl adjacent to an activating group) is 1. The van der Waals surface area contributed by atoms with E-state index >= 15 is 0 Å². The third-order valence-corrected chi connectivity index (χ3v) is 3.22. The maximum atomic E-state index is 5.94. The summed E-state index contributed by atoms with van der Waals surface area (Å²) in [5.41, 5.74) is 7.68. The SMILES string of the molecule is CN(CCN)C(c1ccc(Cl)cc1)c1cnccn1.Cl. The van der Waals surface area contributed by atoms with Gasteiger partial charge in [0, 0.05) is 30.5 Å². The molecule has 1 atom stereocenters. The van der Waals surface area contributed by atoms with Gasteiger partial charge in [-0.25, -0.2) is 0 Å². The van der Waals surface area contributed by atoms with Gasteiger partial charge < -0.3 is 5.73 Å². The lowest BCUT2D eigenvalue weighted by Crippen LogP contribution is -2.31. The summed E-state index contributed by atoms with van der Waals surface area (Å²) in [7, 11) is 2.03. The van der Waals surface area contributed by atoms with E-state index in [0.717, 1.165) is 22.8 Å². The third kappa shape index (κ3) is 4.15. The van der Waals surface area contributed by atoms with Crippen LogP contribution < -0.4 is 5.73 Å². The van der Waals surface area contributed by atoms with E-state index in [9.17, 15) is 0 Å². The number of rotatable bonds is 5. The van der Waals surface area contributed by atoms with Crippen LogP contribution in [0.1, 0.15) is 17.3 Å². The Morgan fingerprint density at radius 1 is 1.25 bits per heavy atom. The van der Waals surface area contributed by atoms with Gasteiger partial charge in [-0.1, -0.05) is 23.7 Å². The summed E-state index contributed by atoms with van der Waals surface area (Å²) in [5, 5.41) is 0.725. The zero-order valence-corrected chi connectivity index (χ0v) is 12.8. The van der Waals surface area contributed by atoms with Crippen molar-refractivity contribution in [2.45, 2.75) is 6.04 Å². The first-order valence-electron chi connectivity index (χ1n) is 6.14. The van der Waals surface area contributed by atoms with Gasteiger partial charge in [0.2, 0.25) is 0 Å². The number of aromatic nitrogens is 2. The average molecular weight is 313 g/mol. The van der Waals surface area contributed by atoms with E-state index in [1.807, 2.05) is 31.3 Å². The zero-order valence-electron chi connectivity index (χ0n) is 11.2. The molecule has 0 aliphatic rings. The fraction of sp³-hybridized carbons (Fsp3) is 0.286. The van der Waals surface area contributed by atoms with Crippen LogP contribution in [0, 0.1) is 0 Å². The molecule has 20 heavy (non-hydrogen) atoms. The van der Waals surface area contributed by atoms with E-state index in [0.29, 0.717) is 6.54 Å². The van der Waals surface area contributed by atoms with E-state index in [-0.39, 0.29) is 18.4 Å². The predicted molar refractivity (Wildman–Crippen MR) is 84.3 cm³/mol. The van der Waals surface area contributed by atoms with Gasteiger partial charge in [-0.05, 0) is 24.7 Å². The predicted octanol–water partition coefficient (Wildman–Crippen LogP) is 2.53. The monoisotopic (exact) mass is 312 g/mol. The fourth-order valence-electron chi connectivity index (χ4n) is 2.08. The van der Waals surface area contributed by atoms with Gasteiger partial charge in [0.1, 0.15) is 0 Å². The molecule has 0 aliphatic heterocycles. The number of hydrogen-bond acceptors (Lipinski definition) is 4. The molecule has 1 aromatic carbocycles. The van der Waals surface area contributed by atoms with Crippen LogP contribution in [0.5, 0.6) is 0 Å². The summed E-state index contributed by atoms with van der Waals surface area (Å²) >= 11 is 5.94. The molecule has 0 radical (unpaired) electrons. The van der Waals surface area contributed by atoms with Crippen LogP contribution in [-0.2, 0) is 0 Å². The van der Waals surface area contributed by atoms with Crippen LogP contribution in [0.3, 0.4) is 0 Å². The summed E-state index contributed by atoms with van der Waals surface area (Å²) in [4.78, 5) is 10.7. The number of nitrogens with zero attached hydrogens (tertiary/aromatic N) is 3. The van der Waals surface area contributed by atoms with Crippen molar-refractivity contribution >= 4 is 24.0 Å². The molecule has 6 heteroatoms. The molecule has 0 amide bonds. The van der Waals surface area contributed by atoms with Gasteiger partial charge in [0.15, 0.2) is 0 Å². The summed E-state index contributed by atoms with van der Waals surface area (Å²) in [6.07, 6.45) is 5.16. The van der Waals surface area contributed by atoms with E-state index in [4.69, 9.17) is 17.3 Å². The van der Waals surface area contributed by atoms with Crippen LogP contribution >= 0.6 is 24.0 Å². The third-order valence-electron chi connectivity index (χ3n) is 2.97. The highest BCUT2D eigenvalue weighted by Crippen LogP contribution is 2.26. The molecule has 0 saturated heterocycles. The molecule has 1 aromatic heterocycles. The summed E-state index contributed by atoms with van der Waals surface area (Å²) in [6.45, 7) is 1.38. The van der Waals surface area contributed by atoms with Gasteiger partial charge >= 0.3 is 0 Å². The van der Waals surface area contributed by atoms with Crippen molar-refractivity contribution in [3.05, 3.63) is 59.1 Å². The van der Waals surface area contributed by atoms with Gasteiger partial charge in [0.25, 0.3) is 0 Å². The number of hydrogen-bond donors (Lipinski definition) is 1. The highest BCUT2D eigenvalue weighted by molar-refractivity contribution is 6.30. The zero-order chi connectivity index (χ0) is 13.7. The molecule has 0 aliphatic carbocycles. The van der Waals surface area contributed by atoms with Crippen molar-refractivity contribution in [2.75, 3.05) is 20.1 Å². The molecule has 0 saturated carbocycles. The van der Waals surface area contributed by atoms with Crippen molar-refractivity contribution < 1.29 is 0 Å². The Hall–Kier alpha value is -1.20. The smallest absolute Gasteiger partial charge is 0.0803 e. The van der Waals surface area contributed by atoms with Crippen LogP contribution in [0.15, 0.2) is 42.9 Å². The Labute approximate surface area is 130 Å². The molecule has 4 nitrogen and oxygen atoms in total. The maximum Gasteiger partial charge on any atom is 0.0803 e. The lowest BCUT2D eigenvalue weighted by Gasteiger charge is -2.27. The second-order valence-corrected chi connectivity index (χ2v) is 4.79. The standard InChI is InChI=1S/C14H17ClN4.ClH/c1-19(9-6-16)14(13-10-17-7-8-18-13)11-2-4-12(15)5-3-11;/h2-5,7-8,10,14H,6,9,16H2,1H3;1H. The Bertz CT molecular complexity index is 504. The molecule has 0 spiro atoms.